The van der Waals surface area contributed by atoms with E-state index in [1.165, 1.54) is 0 Å². The lowest BCUT2D eigenvalue weighted by Gasteiger charge is -2.23. The van der Waals surface area contributed by atoms with E-state index in [0.29, 0.717) is 5.39 Å². The fraction of sp³-hybridized carbons (Fsp3) is 0.200. The average Bonchev–Trinajstić information content (AvgIpc) is 2.75. The van der Waals surface area contributed by atoms with Crippen LogP contribution in [0.1, 0.15) is 13.8 Å². The molecular formula is C20H19N5O5. The molecule has 0 unspecified atom stereocenters. The van der Waals surface area contributed by atoms with Crippen molar-refractivity contribution in [2.75, 3.05) is 18.0 Å². The van der Waals surface area contributed by atoms with Crippen molar-refractivity contribution in [3.8, 4) is 5.75 Å². The zero-order chi connectivity index (χ0) is 21.8. The molecule has 0 amide bonds. The zero-order valence-corrected chi connectivity index (χ0v) is 16.3. The topological polar surface area (TPSA) is 134 Å². The number of hydrogen-bond acceptors (Lipinski definition) is 8. The van der Waals surface area contributed by atoms with Gasteiger partial charge in [-0.25, -0.2) is 0 Å². The summed E-state index contributed by atoms with van der Waals surface area (Å²) in [6.07, 6.45) is 0. The summed E-state index contributed by atoms with van der Waals surface area (Å²) >= 11 is 0. The Bertz CT molecular complexity index is 1160. The molecule has 0 atom stereocenters. The molecule has 1 N–H and O–H groups in total. The van der Waals surface area contributed by atoms with Gasteiger partial charge in [0.15, 0.2) is 11.4 Å². The lowest BCUT2D eigenvalue weighted by Crippen LogP contribution is -2.21. The van der Waals surface area contributed by atoms with Gasteiger partial charge in [0.25, 0.3) is 5.69 Å². The van der Waals surface area contributed by atoms with Crippen molar-refractivity contribution >= 4 is 39.2 Å². The quantitative estimate of drug-likeness (QED) is 0.305. The molecule has 3 rings (SSSR count). The highest BCUT2D eigenvalue weighted by Gasteiger charge is 2.20. The molecule has 0 spiro atoms. The third-order valence-electron chi connectivity index (χ3n) is 4.71. The van der Waals surface area contributed by atoms with Crippen LogP contribution in [0.3, 0.4) is 0 Å². The fourth-order valence-corrected chi connectivity index (χ4v) is 3.19. The number of nitrogens with zero attached hydrogens (tertiary/aromatic N) is 5. The van der Waals surface area contributed by atoms with Gasteiger partial charge in [-0.2, -0.15) is 0 Å². The summed E-state index contributed by atoms with van der Waals surface area (Å²) < 4.78 is 0. The first-order valence-electron chi connectivity index (χ1n) is 9.21. The second-order valence-corrected chi connectivity index (χ2v) is 6.37. The predicted octanol–water partition coefficient (Wildman–Crippen LogP) is 5.62. The zero-order valence-electron chi connectivity index (χ0n) is 16.3. The molecule has 0 radical (unpaired) electrons. The number of hydrogen-bond donors (Lipinski definition) is 1. The van der Waals surface area contributed by atoms with Gasteiger partial charge in [-0.1, -0.05) is 24.3 Å². The number of nitro groups is 2. The maximum absolute atomic E-state index is 11.3. The van der Waals surface area contributed by atoms with Gasteiger partial charge in [0.2, 0.25) is 0 Å². The van der Waals surface area contributed by atoms with Crippen LogP contribution in [0.25, 0.3) is 10.8 Å². The van der Waals surface area contributed by atoms with Crippen molar-refractivity contribution in [3.05, 3.63) is 68.8 Å². The van der Waals surface area contributed by atoms with Gasteiger partial charge in [0.05, 0.1) is 15.9 Å². The molecule has 0 saturated heterocycles. The van der Waals surface area contributed by atoms with Gasteiger partial charge in [0, 0.05) is 35.6 Å². The van der Waals surface area contributed by atoms with E-state index < -0.39 is 21.2 Å². The Balaban J connectivity index is 2.14. The van der Waals surface area contributed by atoms with Gasteiger partial charge < -0.3 is 10.0 Å². The summed E-state index contributed by atoms with van der Waals surface area (Å²) in [6.45, 7) is 5.48. The van der Waals surface area contributed by atoms with Gasteiger partial charge in [-0.15, -0.1) is 10.2 Å². The summed E-state index contributed by atoms with van der Waals surface area (Å²) in [6, 6.07) is 12.1. The molecule has 0 aliphatic carbocycles. The van der Waals surface area contributed by atoms with Crippen molar-refractivity contribution in [2.45, 2.75) is 13.8 Å². The average molecular weight is 409 g/mol. The smallest absolute Gasteiger partial charge is 0.303 e. The number of phenolic OH excluding ortho intramolecular Hbond substituents is 1. The van der Waals surface area contributed by atoms with Crippen LogP contribution in [0.2, 0.25) is 0 Å². The van der Waals surface area contributed by atoms with Crippen LogP contribution in [0.5, 0.6) is 5.75 Å². The Morgan fingerprint density at radius 2 is 1.53 bits per heavy atom. The molecule has 0 saturated carbocycles. The first kappa shape index (κ1) is 20.6. The number of rotatable bonds is 7. The van der Waals surface area contributed by atoms with Gasteiger partial charge in [0.1, 0.15) is 5.69 Å². The van der Waals surface area contributed by atoms with Crippen molar-refractivity contribution in [2.24, 2.45) is 10.2 Å². The van der Waals surface area contributed by atoms with Crippen molar-refractivity contribution in [3.63, 3.8) is 0 Å². The molecule has 0 aliphatic rings. The van der Waals surface area contributed by atoms with E-state index in [9.17, 15) is 25.3 Å². The van der Waals surface area contributed by atoms with Crippen molar-refractivity contribution < 1.29 is 15.0 Å². The van der Waals surface area contributed by atoms with E-state index in [4.69, 9.17) is 0 Å². The van der Waals surface area contributed by atoms with E-state index in [2.05, 4.69) is 15.1 Å². The van der Waals surface area contributed by atoms with Crippen molar-refractivity contribution in [1.29, 1.82) is 0 Å². The Morgan fingerprint density at radius 1 is 0.900 bits per heavy atom. The van der Waals surface area contributed by atoms with Crippen LogP contribution in [0, 0.1) is 20.2 Å². The second kappa shape index (κ2) is 8.52. The number of anilines is 1. The lowest BCUT2D eigenvalue weighted by atomic mass is 10.1. The molecule has 0 fully saturated rings. The summed E-state index contributed by atoms with van der Waals surface area (Å²) in [5, 5.41) is 42.2. The van der Waals surface area contributed by atoms with Crippen LogP contribution in [-0.2, 0) is 0 Å². The molecular weight excluding hydrogens is 390 g/mol. The standard InChI is InChI=1S/C20H19N5O5/c1-3-23(4-2)18-12-17(20(26)15-8-6-5-7-14(15)18)22-21-16-10-9-13(24(27)28)11-19(16)25(29)30/h5-12,26H,3-4H2,1-2H3. The third kappa shape index (κ3) is 3.88. The van der Waals surface area contributed by atoms with Crippen LogP contribution in [0.15, 0.2) is 58.8 Å². The van der Waals surface area contributed by atoms with Crippen LogP contribution in [0.4, 0.5) is 28.4 Å². The minimum Gasteiger partial charge on any atom is -0.505 e. The van der Waals surface area contributed by atoms with Gasteiger partial charge in [-0.05, 0) is 26.0 Å². The Kier molecular flexibility index (Phi) is 5.86. The molecule has 10 heteroatoms. The Hall–Kier alpha value is -4.08. The van der Waals surface area contributed by atoms with E-state index in [0.717, 1.165) is 42.4 Å². The molecule has 0 heterocycles. The monoisotopic (exact) mass is 409 g/mol. The van der Waals surface area contributed by atoms with E-state index in [1.807, 2.05) is 26.0 Å². The predicted molar refractivity (Wildman–Crippen MR) is 113 cm³/mol. The number of nitro benzene ring substituents is 2. The molecule has 0 bridgehead atoms. The minimum atomic E-state index is -0.761. The maximum atomic E-state index is 11.3. The summed E-state index contributed by atoms with van der Waals surface area (Å²) in [7, 11) is 0. The number of fused-ring (bicyclic) bond motifs is 1. The van der Waals surface area contributed by atoms with Gasteiger partial charge in [-0.3, -0.25) is 20.2 Å². The normalized spacial score (nSPS) is 11.1. The third-order valence-corrected chi connectivity index (χ3v) is 4.71. The number of phenols is 1. The highest BCUT2D eigenvalue weighted by atomic mass is 16.6. The molecule has 30 heavy (non-hydrogen) atoms. The number of benzene rings is 3. The second-order valence-electron chi connectivity index (χ2n) is 6.37. The van der Waals surface area contributed by atoms with E-state index >= 15 is 0 Å². The van der Waals surface area contributed by atoms with Crippen LogP contribution < -0.4 is 4.90 Å². The molecule has 10 nitrogen and oxygen atoms in total. The van der Waals surface area contributed by atoms with E-state index in [-0.39, 0.29) is 17.1 Å². The van der Waals surface area contributed by atoms with Crippen LogP contribution in [-0.4, -0.2) is 28.0 Å². The first-order valence-corrected chi connectivity index (χ1v) is 9.21. The number of azo groups is 1. The van der Waals surface area contributed by atoms with E-state index in [1.54, 1.807) is 18.2 Å². The molecule has 3 aromatic rings. The molecule has 0 aliphatic heterocycles. The number of non-ortho nitro benzene ring substituents is 1. The highest BCUT2D eigenvalue weighted by molar-refractivity contribution is 6.01. The Morgan fingerprint density at radius 3 is 2.13 bits per heavy atom. The Labute approximate surface area is 171 Å². The van der Waals surface area contributed by atoms with Gasteiger partial charge >= 0.3 is 5.69 Å². The largest absolute Gasteiger partial charge is 0.505 e. The SMILES string of the molecule is CCN(CC)c1cc(N=Nc2ccc([N+](=O)[O-])cc2[N+](=O)[O-])c(O)c2ccccc12. The van der Waals surface area contributed by atoms with Crippen molar-refractivity contribution in [1.82, 2.24) is 0 Å². The highest BCUT2D eigenvalue weighted by Crippen LogP contribution is 2.42. The summed E-state index contributed by atoms with van der Waals surface area (Å²) in [4.78, 5) is 22.8. The summed E-state index contributed by atoms with van der Waals surface area (Å²) in [5.41, 5.74) is -0.124. The lowest BCUT2D eigenvalue weighted by molar-refractivity contribution is -0.393. The molecule has 0 aromatic heterocycles. The van der Waals surface area contributed by atoms with Crippen LogP contribution >= 0.6 is 0 Å². The molecule has 154 valence electrons. The fourth-order valence-electron chi connectivity index (χ4n) is 3.19. The minimum absolute atomic E-state index is 0.102. The summed E-state index contributed by atoms with van der Waals surface area (Å²) in [5.74, 6) is -0.102. The first-order chi connectivity index (χ1) is 14.4. The number of aromatic hydroxyl groups is 1. The molecule has 3 aromatic carbocycles. The maximum Gasteiger partial charge on any atom is 0.303 e.